The van der Waals surface area contributed by atoms with E-state index >= 15 is 0 Å². The van der Waals surface area contributed by atoms with Gasteiger partial charge in [-0.3, -0.25) is 10.2 Å². The van der Waals surface area contributed by atoms with Crippen molar-refractivity contribution in [3.63, 3.8) is 0 Å². The van der Waals surface area contributed by atoms with E-state index in [0.717, 1.165) is 33.4 Å². The Morgan fingerprint density at radius 1 is 1.20 bits per heavy atom. The molecule has 0 spiro atoms. The number of allylic oxidation sites excluding steroid dienone is 2. The van der Waals surface area contributed by atoms with Gasteiger partial charge in [-0.25, -0.2) is 0 Å². The van der Waals surface area contributed by atoms with Crippen LogP contribution in [0.5, 0.6) is 0 Å². The van der Waals surface area contributed by atoms with Gasteiger partial charge in [-0.2, -0.15) is 5.10 Å². The summed E-state index contributed by atoms with van der Waals surface area (Å²) < 4.78 is 1.04. The van der Waals surface area contributed by atoms with Crippen molar-refractivity contribution in [3.05, 3.63) is 45.6 Å². The van der Waals surface area contributed by atoms with Crippen LogP contribution in [0.3, 0.4) is 0 Å². The topological polar surface area (TPSA) is 41.5 Å². The third-order valence-corrected chi connectivity index (χ3v) is 4.54. The van der Waals surface area contributed by atoms with Crippen molar-refractivity contribution in [2.75, 3.05) is 0 Å². The summed E-state index contributed by atoms with van der Waals surface area (Å²) in [5, 5.41) is 4.50. The van der Waals surface area contributed by atoms with Crippen molar-refractivity contribution >= 4 is 27.4 Å². The summed E-state index contributed by atoms with van der Waals surface area (Å²) >= 11 is 3.44. The molecule has 0 saturated heterocycles. The molecule has 3 rings (SSSR count). The number of halogens is 1. The van der Waals surface area contributed by atoms with Crippen molar-refractivity contribution < 1.29 is 4.79 Å². The number of benzene rings is 1. The largest absolute Gasteiger partial charge is 0.294 e. The lowest BCUT2D eigenvalue weighted by atomic mass is 9.78. The molecule has 104 valence electrons. The minimum Gasteiger partial charge on any atom is -0.294 e. The highest BCUT2D eigenvalue weighted by atomic mass is 79.9. The summed E-state index contributed by atoms with van der Waals surface area (Å²) in [5.74, 6) is 0.737. The molecule has 2 unspecified atom stereocenters. The van der Waals surface area contributed by atoms with Crippen LogP contribution in [-0.2, 0) is 4.79 Å². The lowest BCUT2D eigenvalue weighted by molar-refractivity contribution is -0.117. The van der Waals surface area contributed by atoms with E-state index in [0.29, 0.717) is 12.3 Å². The Morgan fingerprint density at radius 3 is 2.60 bits per heavy atom. The van der Waals surface area contributed by atoms with E-state index < -0.39 is 0 Å². The predicted molar refractivity (Wildman–Crippen MR) is 83.4 cm³/mol. The average Bonchev–Trinajstić information content (AvgIpc) is 2.39. The molecule has 1 aliphatic carbocycles. The van der Waals surface area contributed by atoms with Gasteiger partial charge in [-0.05, 0) is 30.0 Å². The Hall–Kier alpha value is -1.42. The van der Waals surface area contributed by atoms with Crippen molar-refractivity contribution in [1.82, 2.24) is 5.43 Å². The van der Waals surface area contributed by atoms with Crippen LogP contribution < -0.4 is 5.43 Å². The fourth-order valence-electron chi connectivity index (χ4n) is 3.03. The highest BCUT2D eigenvalue weighted by molar-refractivity contribution is 9.10. The van der Waals surface area contributed by atoms with E-state index in [1.165, 1.54) is 0 Å². The molecule has 0 amide bonds. The van der Waals surface area contributed by atoms with Gasteiger partial charge in [-0.15, -0.1) is 0 Å². The summed E-state index contributed by atoms with van der Waals surface area (Å²) in [7, 11) is 0. The van der Waals surface area contributed by atoms with Crippen molar-refractivity contribution in [2.45, 2.75) is 26.7 Å². The van der Waals surface area contributed by atoms with Crippen LogP contribution in [0, 0.1) is 11.8 Å². The Bertz CT molecular complexity index is 616. The van der Waals surface area contributed by atoms with Crippen LogP contribution in [0.4, 0.5) is 0 Å². The minimum absolute atomic E-state index is 0.0624. The highest BCUT2D eigenvalue weighted by Gasteiger charge is 2.33. The third-order valence-electron chi connectivity index (χ3n) is 4.01. The van der Waals surface area contributed by atoms with E-state index in [4.69, 9.17) is 0 Å². The van der Waals surface area contributed by atoms with Crippen LogP contribution in [0.1, 0.15) is 32.3 Å². The number of carbonyl (C=O) groups excluding carboxylic acids is 1. The number of hydrazone groups is 1. The first-order valence-corrected chi connectivity index (χ1v) is 7.71. The lowest BCUT2D eigenvalue weighted by Crippen LogP contribution is -2.35. The molecule has 1 N–H and O–H groups in total. The molecule has 0 saturated carbocycles. The van der Waals surface area contributed by atoms with Crippen molar-refractivity contribution in [1.29, 1.82) is 0 Å². The van der Waals surface area contributed by atoms with Crippen LogP contribution in [0.2, 0.25) is 0 Å². The van der Waals surface area contributed by atoms with Crippen molar-refractivity contribution in [2.24, 2.45) is 16.9 Å². The van der Waals surface area contributed by atoms with Crippen molar-refractivity contribution in [3.8, 4) is 0 Å². The Labute approximate surface area is 127 Å². The number of carbonyl (C=O) groups is 1. The first kappa shape index (κ1) is 13.6. The van der Waals surface area contributed by atoms with Crippen LogP contribution >= 0.6 is 15.9 Å². The quantitative estimate of drug-likeness (QED) is 0.852. The van der Waals surface area contributed by atoms with Gasteiger partial charge in [-0.1, -0.05) is 41.9 Å². The standard InChI is InChI=1S/C16H17BrN2O/c1-9-7-13-15(14(20)8-9)10(2)16(19-18-13)11-3-5-12(17)6-4-11/h3-6,9-10,18H,7-8H2,1-2H3. The van der Waals surface area contributed by atoms with Crippen LogP contribution in [0.25, 0.3) is 0 Å². The summed E-state index contributed by atoms with van der Waals surface area (Å²) in [6.45, 7) is 4.19. The van der Waals surface area contributed by atoms with Gasteiger partial charge >= 0.3 is 0 Å². The van der Waals surface area contributed by atoms with Crippen LogP contribution in [0.15, 0.2) is 45.1 Å². The van der Waals surface area contributed by atoms with Gasteiger partial charge in [0.15, 0.2) is 5.78 Å². The first-order chi connectivity index (χ1) is 9.56. The first-order valence-electron chi connectivity index (χ1n) is 6.92. The monoisotopic (exact) mass is 332 g/mol. The molecule has 0 aromatic heterocycles. The average molecular weight is 333 g/mol. The molecule has 20 heavy (non-hydrogen) atoms. The Balaban J connectivity index is 1.95. The Morgan fingerprint density at radius 2 is 1.90 bits per heavy atom. The zero-order valence-corrected chi connectivity index (χ0v) is 13.2. The SMILES string of the molecule is CC1CC(=O)C2=C(C1)NN=C(c1ccc(Br)cc1)C2C. The smallest absolute Gasteiger partial charge is 0.161 e. The predicted octanol–water partition coefficient (Wildman–Crippen LogP) is 3.65. The molecule has 2 atom stereocenters. The van der Waals surface area contributed by atoms with Gasteiger partial charge in [0.25, 0.3) is 0 Å². The molecule has 1 heterocycles. The third kappa shape index (κ3) is 2.33. The molecule has 3 nitrogen and oxygen atoms in total. The van der Waals surface area contributed by atoms with E-state index in [2.05, 4.69) is 40.3 Å². The van der Waals surface area contributed by atoms with E-state index in [1.807, 2.05) is 24.3 Å². The molecule has 0 fully saturated rings. The zero-order valence-electron chi connectivity index (χ0n) is 11.6. The molecule has 0 bridgehead atoms. The Kier molecular flexibility index (Phi) is 3.50. The van der Waals surface area contributed by atoms with Crippen LogP contribution in [-0.4, -0.2) is 11.5 Å². The summed E-state index contributed by atoms with van der Waals surface area (Å²) in [4.78, 5) is 12.3. The maximum Gasteiger partial charge on any atom is 0.161 e. The molecular formula is C16H17BrN2O. The molecular weight excluding hydrogens is 316 g/mol. The van der Waals surface area contributed by atoms with Gasteiger partial charge in [0.1, 0.15) is 0 Å². The molecule has 2 aliphatic rings. The molecule has 1 aromatic carbocycles. The molecule has 0 radical (unpaired) electrons. The number of nitrogens with one attached hydrogen (secondary N) is 1. The second kappa shape index (κ2) is 5.17. The minimum atomic E-state index is 0.0624. The van der Waals surface area contributed by atoms with Gasteiger partial charge < -0.3 is 0 Å². The van der Waals surface area contributed by atoms with E-state index in [1.54, 1.807) is 0 Å². The van der Waals surface area contributed by atoms with E-state index in [-0.39, 0.29) is 11.7 Å². The number of rotatable bonds is 1. The summed E-state index contributed by atoms with van der Waals surface area (Å²) in [6.07, 6.45) is 1.57. The summed E-state index contributed by atoms with van der Waals surface area (Å²) in [6, 6.07) is 8.06. The second-order valence-corrected chi connectivity index (χ2v) is 6.58. The normalized spacial score (nSPS) is 25.9. The maximum atomic E-state index is 12.3. The number of hydrogen-bond acceptors (Lipinski definition) is 3. The second-order valence-electron chi connectivity index (χ2n) is 5.67. The van der Waals surface area contributed by atoms with Gasteiger partial charge in [0.2, 0.25) is 0 Å². The molecule has 4 heteroatoms. The number of hydrogen-bond donors (Lipinski definition) is 1. The fourth-order valence-corrected chi connectivity index (χ4v) is 3.29. The zero-order chi connectivity index (χ0) is 14.3. The van der Waals surface area contributed by atoms with E-state index in [9.17, 15) is 4.79 Å². The maximum absolute atomic E-state index is 12.3. The number of nitrogens with zero attached hydrogens (tertiary/aromatic N) is 1. The van der Waals surface area contributed by atoms with Gasteiger partial charge in [0.05, 0.1) is 5.71 Å². The number of Topliss-reactive ketones (excluding diaryl/α,β-unsaturated/α-hetero) is 1. The molecule has 1 aliphatic heterocycles. The number of ketones is 1. The molecule has 1 aromatic rings. The highest BCUT2D eigenvalue weighted by Crippen LogP contribution is 2.33. The van der Waals surface area contributed by atoms with Gasteiger partial charge in [0, 0.05) is 28.1 Å². The fraction of sp³-hybridized carbons (Fsp3) is 0.375. The lowest BCUT2D eigenvalue weighted by Gasteiger charge is -2.31. The summed E-state index contributed by atoms with van der Waals surface area (Å²) in [5.41, 5.74) is 7.06.